The number of carbonyl (C=O) groups is 2. The van der Waals surface area contributed by atoms with Crippen LogP contribution in [0.3, 0.4) is 0 Å². The maximum atomic E-state index is 9.55. The van der Waals surface area contributed by atoms with Gasteiger partial charge in [-0.15, -0.1) is 11.8 Å². The molecule has 8 heteroatoms. The van der Waals surface area contributed by atoms with Crippen LogP contribution in [-0.2, 0) is 16.0 Å². The summed E-state index contributed by atoms with van der Waals surface area (Å²) >= 11 is 3.78. The summed E-state index contributed by atoms with van der Waals surface area (Å²) in [5.74, 6) is -2.51. The fourth-order valence-electron chi connectivity index (χ4n) is 3.68. The zero-order valence-electron chi connectivity index (χ0n) is 17.3. The van der Waals surface area contributed by atoms with Gasteiger partial charge in [0.1, 0.15) is 0 Å². The van der Waals surface area contributed by atoms with E-state index in [0.717, 1.165) is 32.6 Å². The van der Waals surface area contributed by atoms with Crippen molar-refractivity contribution < 1.29 is 19.8 Å². The van der Waals surface area contributed by atoms with Crippen LogP contribution in [0.4, 0.5) is 0 Å². The fourth-order valence-corrected chi connectivity index (χ4v) is 5.24. The predicted molar refractivity (Wildman–Crippen MR) is 124 cm³/mol. The van der Waals surface area contributed by atoms with E-state index >= 15 is 0 Å². The molecule has 2 aromatic carbocycles. The Balaban J connectivity index is 0.000000293. The van der Waals surface area contributed by atoms with E-state index in [9.17, 15) is 9.59 Å². The highest BCUT2D eigenvalue weighted by atomic mass is 32.2. The van der Waals surface area contributed by atoms with Gasteiger partial charge < -0.3 is 15.5 Å². The van der Waals surface area contributed by atoms with Crippen molar-refractivity contribution in [2.45, 2.75) is 27.1 Å². The van der Waals surface area contributed by atoms with Gasteiger partial charge in [-0.2, -0.15) is 0 Å². The van der Waals surface area contributed by atoms with Crippen molar-refractivity contribution in [2.24, 2.45) is 0 Å². The molecule has 0 bridgehead atoms. The third-order valence-corrected chi connectivity index (χ3v) is 7.08. The molecule has 0 aliphatic carbocycles. The molecule has 6 nitrogen and oxygen atoms in total. The molecule has 4 rings (SSSR count). The second kappa shape index (κ2) is 11.4. The Hall–Kier alpha value is -2.26. The lowest BCUT2D eigenvalue weighted by Gasteiger charge is -2.35. The minimum atomic E-state index is -1.26. The lowest BCUT2D eigenvalue weighted by molar-refractivity contribution is -0.134. The molecule has 2 aliphatic heterocycles. The van der Waals surface area contributed by atoms with Gasteiger partial charge in [-0.05, 0) is 48.1 Å². The number of hydrogen-bond donors (Lipinski definition) is 3. The summed E-state index contributed by atoms with van der Waals surface area (Å²) in [7, 11) is 0. The summed E-state index contributed by atoms with van der Waals surface area (Å²) in [6.45, 7) is 4.48. The first kappa shape index (κ1) is 23.4. The largest absolute Gasteiger partial charge is 0.478 e. The molecule has 0 amide bonds. The summed E-state index contributed by atoms with van der Waals surface area (Å²) < 4.78 is 0. The van der Waals surface area contributed by atoms with Crippen molar-refractivity contribution in [3.63, 3.8) is 0 Å². The van der Waals surface area contributed by atoms with E-state index in [0.29, 0.717) is 18.2 Å². The average Bonchev–Trinajstić information content (AvgIpc) is 2.95. The number of aliphatic carboxylic acids is 2. The van der Waals surface area contributed by atoms with Crippen LogP contribution in [-0.4, -0.2) is 59.5 Å². The summed E-state index contributed by atoms with van der Waals surface area (Å²) in [6, 6.07) is 16.4. The maximum Gasteiger partial charge on any atom is 0.328 e. The van der Waals surface area contributed by atoms with E-state index in [2.05, 4.69) is 58.9 Å². The predicted octanol–water partition coefficient (Wildman–Crippen LogP) is 3.77. The van der Waals surface area contributed by atoms with Crippen LogP contribution in [0.25, 0.3) is 0 Å². The van der Waals surface area contributed by atoms with Crippen molar-refractivity contribution in [1.82, 2.24) is 10.2 Å². The van der Waals surface area contributed by atoms with Crippen LogP contribution in [0, 0.1) is 0 Å². The van der Waals surface area contributed by atoms with Crippen LogP contribution in [0.2, 0.25) is 0 Å². The van der Waals surface area contributed by atoms with Gasteiger partial charge in [0.05, 0.1) is 0 Å². The first-order valence-corrected chi connectivity index (χ1v) is 12.0. The third-order valence-electron chi connectivity index (χ3n) is 5.14. The average molecular weight is 459 g/mol. The second-order valence-corrected chi connectivity index (χ2v) is 9.09. The first-order chi connectivity index (χ1) is 15.0. The van der Waals surface area contributed by atoms with Gasteiger partial charge in [-0.1, -0.05) is 30.0 Å². The van der Waals surface area contributed by atoms with Crippen LogP contribution in [0.5, 0.6) is 0 Å². The Labute approximate surface area is 190 Å². The molecule has 1 fully saturated rings. The standard InChI is InChI=1S/C19H22N2S2.C4H4O4/c1-22-15-6-7-19-16(13-15)17(21-10-8-20-9-11-21)12-14-4-2-3-5-18(14)23-19;5-3(6)1-2-4(7)8/h2-7,13,17,20H,8-12H2,1H3;1-2H,(H,5,6)(H,7,8)/b;2-1-. The molecular weight excluding hydrogens is 432 g/mol. The minimum Gasteiger partial charge on any atom is -0.478 e. The number of nitrogens with one attached hydrogen (secondary N) is 1. The monoisotopic (exact) mass is 458 g/mol. The van der Waals surface area contributed by atoms with Crippen LogP contribution >= 0.6 is 23.5 Å². The summed E-state index contributed by atoms with van der Waals surface area (Å²) in [6.07, 6.45) is 4.40. The summed E-state index contributed by atoms with van der Waals surface area (Å²) in [5, 5.41) is 19.1. The molecule has 2 heterocycles. The molecule has 164 valence electrons. The van der Waals surface area contributed by atoms with E-state index in [-0.39, 0.29) is 0 Å². The Bertz CT molecular complexity index is 942. The van der Waals surface area contributed by atoms with E-state index in [4.69, 9.17) is 10.2 Å². The number of nitrogens with zero attached hydrogens (tertiary/aromatic N) is 1. The molecule has 31 heavy (non-hydrogen) atoms. The number of fused-ring (bicyclic) bond motifs is 2. The molecular formula is C23H26N2O4S2. The fraction of sp³-hybridized carbons (Fsp3) is 0.304. The number of benzene rings is 2. The Kier molecular flexibility index (Phi) is 8.60. The molecule has 0 spiro atoms. The summed E-state index contributed by atoms with van der Waals surface area (Å²) in [5.41, 5.74) is 3.00. The van der Waals surface area contributed by atoms with Gasteiger partial charge in [0, 0.05) is 59.1 Å². The Morgan fingerprint density at radius 1 is 1.06 bits per heavy atom. The minimum absolute atomic E-state index is 0.496. The van der Waals surface area contributed by atoms with E-state index in [1.165, 1.54) is 25.8 Å². The van der Waals surface area contributed by atoms with Gasteiger partial charge in [-0.3, -0.25) is 4.90 Å². The normalized spacial score (nSPS) is 18.3. The maximum absolute atomic E-state index is 9.55. The van der Waals surface area contributed by atoms with Gasteiger partial charge in [0.2, 0.25) is 0 Å². The van der Waals surface area contributed by atoms with Gasteiger partial charge in [0.15, 0.2) is 0 Å². The molecule has 2 aliphatic rings. The Morgan fingerprint density at radius 3 is 2.39 bits per heavy atom. The number of rotatable bonds is 4. The number of carboxylic acid groups (broad SMARTS) is 2. The quantitative estimate of drug-likeness (QED) is 0.471. The highest BCUT2D eigenvalue weighted by Crippen LogP contribution is 2.43. The lowest BCUT2D eigenvalue weighted by atomic mass is 9.97. The SMILES string of the molecule is CSc1ccc2c(c1)C(N1CCNCC1)Cc1ccccc1S2.O=C(O)/C=C\C(=O)O. The van der Waals surface area contributed by atoms with Gasteiger partial charge in [-0.25, -0.2) is 9.59 Å². The van der Waals surface area contributed by atoms with Crippen molar-refractivity contribution >= 4 is 35.5 Å². The van der Waals surface area contributed by atoms with Crippen LogP contribution < -0.4 is 5.32 Å². The zero-order chi connectivity index (χ0) is 22.2. The molecule has 3 N–H and O–H groups in total. The van der Waals surface area contributed by atoms with Gasteiger partial charge >= 0.3 is 11.9 Å². The number of hydrogen-bond acceptors (Lipinski definition) is 6. The molecule has 0 radical (unpaired) electrons. The van der Waals surface area contributed by atoms with Gasteiger partial charge in [0.25, 0.3) is 0 Å². The lowest BCUT2D eigenvalue weighted by Crippen LogP contribution is -2.45. The molecule has 1 saturated heterocycles. The van der Waals surface area contributed by atoms with Crippen molar-refractivity contribution in [1.29, 1.82) is 0 Å². The zero-order valence-corrected chi connectivity index (χ0v) is 18.9. The number of carboxylic acids is 2. The second-order valence-electron chi connectivity index (χ2n) is 7.13. The van der Waals surface area contributed by atoms with Crippen molar-refractivity contribution in [2.75, 3.05) is 32.4 Å². The molecule has 0 saturated carbocycles. The Morgan fingerprint density at radius 2 is 1.74 bits per heavy atom. The topological polar surface area (TPSA) is 89.9 Å². The van der Waals surface area contributed by atoms with Crippen molar-refractivity contribution in [3.05, 3.63) is 65.7 Å². The molecule has 0 aromatic heterocycles. The van der Waals surface area contributed by atoms with Crippen molar-refractivity contribution in [3.8, 4) is 0 Å². The van der Waals surface area contributed by atoms with E-state index < -0.39 is 11.9 Å². The third kappa shape index (κ3) is 6.61. The highest BCUT2D eigenvalue weighted by molar-refractivity contribution is 7.99. The number of thioether (sulfide) groups is 1. The first-order valence-electron chi connectivity index (χ1n) is 10.0. The smallest absolute Gasteiger partial charge is 0.328 e. The molecule has 1 unspecified atom stereocenters. The molecule has 1 atom stereocenters. The number of piperazine rings is 1. The van der Waals surface area contributed by atoms with E-state index in [1.54, 1.807) is 0 Å². The van der Waals surface area contributed by atoms with Crippen LogP contribution in [0.15, 0.2) is 69.3 Å². The summed E-state index contributed by atoms with van der Waals surface area (Å²) in [4.78, 5) is 26.0. The van der Waals surface area contributed by atoms with Crippen LogP contribution in [0.1, 0.15) is 17.2 Å². The highest BCUT2D eigenvalue weighted by Gasteiger charge is 2.28. The van der Waals surface area contributed by atoms with E-state index in [1.807, 2.05) is 23.5 Å². The molecule has 2 aromatic rings.